The second-order valence-electron chi connectivity index (χ2n) is 11.0. The van der Waals surface area contributed by atoms with E-state index in [2.05, 4.69) is 66.7 Å². The van der Waals surface area contributed by atoms with E-state index < -0.39 is 5.97 Å². The van der Waals surface area contributed by atoms with Gasteiger partial charge in [-0.25, -0.2) is 9.78 Å². The summed E-state index contributed by atoms with van der Waals surface area (Å²) in [5, 5.41) is 12.1. The number of hydrogen-bond donors (Lipinski definition) is 1. The normalized spacial score (nSPS) is 14.3. The molecule has 3 aromatic heterocycles. The molecule has 6 rings (SSSR count). The minimum atomic E-state index is -0.881. The number of hydrogen-bond acceptors (Lipinski definition) is 3. The van der Waals surface area contributed by atoms with Crippen LogP contribution in [0.25, 0.3) is 44.5 Å². The van der Waals surface area contributed by atoms with Crippen molar-refractivity contribution in [3.63, 3.8) is 0 Å². The number of carbonyl (C=O) groups is 1. The van der Waals surface area contributed by atoms with Crippen molar-refractivity contribution in [1.82, 2.24) is 14.5 Å². The van der Waals surface area contributed by atoms with Crippen LogP contribution in [0.5, 0.6) is 0 Å². The van der Waals surface area contributed by atoms with Crippen LogP contribution in [0.4, 0.5) is 0 Å². The molecule has 0 saturated heterocycles. The van der Waals surface area contributed by atoms with Crippen LogP contribution < -0.4 is 0 Å². The number of carboxylic acids is 1. The molecule has 39 heavy (non-hydrogen) atoms. The van der Waals surface area contributed by atoms with Gasteiger partial charge in [-0.1, -0.05) is 44.4 Å². The zero-order valence-corrected chi connectivity index (χ0v) is 23.0. The fourth-order valence-corrected chi connectivity index (χ4v) is 6.49. The van der Waals surface area contributed by atoms with E-state index in [0.29, 0.717) is 11.5 Å². The van der Waals surface area contributed by atoms with Crippen molar-refractivity contribution in [2.45, 2.75) is 71.8 Å². The van der Waals surface area contributed by atoms with Crippen molar-refractivity contribution in [3.8, 4) is 22.6 Å². The topological polar surface area (TPSA) is 68.0 Å². The molecule has 1 saturated carbocycles. The van der Waals surface area contributed by atoms with E-state index in [4.69, 9.17) is 4.98 Å². The first-order valence-electron chi connectivity index (χ1n) is 14.2. The van der Waals surface area contributed by atoms with Crippen LogP contribution in [0, 0.1) is 13.8 Å². The Morgan fingerprint density at radius 2 is 1.74 bits per heavy atom. The van der Waals surface area contributed by atoms with Gasteiger partial charge in [0.15, 0.2) is 0 Å². The predicted molar refractivity (Wildman–Crippen MR) is 158 cm³/mol. The van der Waals surface area contributed by atoms with Crippen LogP contribution >= 0.6 is 0 Å². The summed E-state index contributed by atoms with van der Waals surface area (Å²) in [5.74, 6) is -0.401. The van der Waals surface area contributed by atoms with Gasteiger partial charge >= 0.3 is 5.97 Å². The minimum absolute atomic E-state index is 0.343. The van der Waals surface area contributed by atoms with Gasteiger partial charge in [-0.15, -0.1) is 0 Å². The minimum Gasteiger partial charge on any atom is -0.478 e. The summed E-state index contributed by atoms with van der Waals surface area (Å²) >= 11 is 0. The van der Waals surface area contributed by atoms with Gasteiger partial charge in [0.2, 0.25) is 0 Å². The lowest BCUT2D eigenvalue weighted by Gasteiger charge is -2.24. The number of nitrogens with zero attached hydrogens (tertiary/aromatic N) is 3. The van der Waals surface area contributed by atoms with Gasteiger partial charge in [0.1, 0.15) is 0 Å². The second-order valence-corrected chi connectivity index (χ2v) is 11.0. The molecule has 2 aromatic carbocycles. The van der Waals surface area contributed by atoms with Crippen LogP contribution in [0.15, 0.2) is 60.8 Å². The number of carboxylic acid groups (broad SMARTS) is 1. The first-order valence-corrected chi connectivity index (χ1v) is 14.2. The highest BCUT2D eigenvalue weighted by Gasteiger charge is 2.28. The Hall–Kier alpha value is -3.99. The average molecular weight is 518 g/mol. The van der Waals surface area contributed by atoms with Crippen LogP contribution in [-0.2, 0) is 6.54 Å². The molecule has 198 valence electrons. The van der Waals surface area contributed by atoms with Crippen molar-refractivity contribution in [1.29, 1.82) is 0 Å². The molecule has 5 nitrogen and oxygen atoms in total. The Morgan fingerprint density at radius 1 is 0.949 bits per heavy atom. The number of rotatable bonds is 6. The molecule has 5 heteroatoms. The SMILES string of the molecule is CCCn1c(-c2ccc3nc(-c4cc(C)ccn4)ccc3c2C)c(C2CCCCC2)c2ccc(C(=O)O)cc21. The molecule has 0 aliphatic heterocycles. The second kappa shape index (κ2) is 10.3. The third-order valence-electron chi connectivity index (χ3n) is 8.38. The van der Waals surface area contributed by atoms with E-state index in [0.717, 1.165) is 40.8 Å². The van der Waals surface area contributed by atoms with Crippen LogP contribution in [0.1, 0.15) is 78.4 Å². The standard InChI is InChI=1S/C34H35N3O2/c1-4-18-37-31-20-24(34(38)39)10-11-27(31)32(23-8-6-5-7-9-23)33(37)26-13-14-28-25(22(26)3)12-15-29(36-28)30-19-21(2)16-17-35-30/h10-17,19-20,23H,4-9,18H2,1-3H3,(H,38,39). The van der Waals surface area contributed by atoms with Gasteiger partial charge in [0, 0.05) is 34.6 Å². The van der Waals surface area contributed by atoms with Gasteiger partial charge in [-0.05, 0) is 92.1 Å². The van der Waals surface area contributed by atoms with Crippen LogP contribution in [0.3, 0.4) is 0 Å². The predicted octanol–water partition coefficient (Wildman–Crippen LogP) is 8.69. The summed E-state index contributed by atoms with van der Waals surface area (Å²) in [6, 6.07) is 18.4. The summed E-state index contributed by atoms with van der Waals surface area (Å²) in [6.45, 7) is 7.30. The van der Waals surface area contributed by atoms with Gasteiger partial charge in [0.05, 0.1) is 28.2 Å². The quantitative estimate of drug-likeness (QED) is 0.245. The summed E-state index contributed by atoms with van der Waals surface area (Å²) in [7, 11) is 0. The zero-order chi connectivity index (χ0) is 27.1. The number of fused-ring (bicyclic) bond motifs is 2. The lowest BCUT2D eigenvalue weighted by Crippen LogP contribution is -2.08. The highest BCUT2D eigenvalue weighted by atomic mass is 16.4. The Kier molecular flexibility index (Phi) is 6.68. The highest BCUT2D eigenvalue weighted by Crippen LogP contribution is 2.46. The molecular weight excluding hydrogens is 482 g/mol. The van der Waals surface area contributed by atoms with E-state index in [1.165, 1.54) is 65.4 Å². The van der Waals surface area contributed by atoms with E-state index in [1.54, 1.807) is 6.07 Å². The molecule has 0 bridgehead atoms. The molecule has 0 spiro atoms. The molecule has 5 aromatic rings. The first kappa shape index (κ1) is 25.3. The fraction of sp³-hybridized carbons (Fsp3) is 0.324. The van der Waals surface area contributed by atoms with Gasteiger partial charge in [-0.3, -0.25) is 4.98 Å². The molecule has 3 heterocycles. The Labute approximate surface area is 229 Å². The largest absolute Gasteiger partial charge is 0.478 e. The van der Waals surface area contributed by atoms with Crippen molar-refractivity contribution >= 4 is 27.8 Å². The molecule has 1 aliphatic rings. The molecule has 0 atom stereocenters. The Morgan fingerprint density at radius 3 is 2.49 bits per heavy atom. The third-order valence-corrected chi connectivity index (χ3v) is 8.38. The smallest absolute Gasteiger partial charge is 0.335 e. The molecule has 1 N–H and O–H groups in total. The average Bonchev–Trinajstić information content (AvgIpc) is 3.27. The van der Waals surface area contributed by atoms with Crippen molar-refractivity contribution < 1.29 is 9.90 Å². The summed E-state index contributed by atoms with van der Waals surface area (Å²) in [5.41, 5.74) is 10.3. The first-order chi connectivity index (χ1) is 19.0. The number of aromatic carboxylic acids is 1. The number of benzene rings is 2. The van der Waals surface area contributed by atoms with Crippen LogP contribution in [-0.4, -0.2) is 25.6 Å². The Bertz CT molecular complexity index is 1710. The van der Waals surface area contributed by atoms with E-state index in [9.17, 15) is 9.90 Å². The molecular formula is C34H35N3O2. The van der Waals surface area contributed by atoms with Crippen LogP contribution in [0.2, 0.25) is 0 Å². The molecule has 1 aliphatic carbocycles. The molecule has 0 amide bonds. The fourth-order valence-electron chi connectivity index (χ4n) is 6.49. The van der Waals surface area contributed by atoms with Crippen molar-refractivity contribution in [2.24, 2.45) is 0 Å². The Balaban J connectivity index is 1.59. The zero-order valence-electron chi connectivity index (χ0n) is 23.0. The maximum Gasteiger partial charge on any atom is 0.335 e. The van der Waals surface area contributed by atoms with Crippen molar-refractivity contribution in [2.75, 3.05) is 0 Å². The van der Waals surface area contributed by atoms with Gasteiger partial charge in [-0.2, -0.15) is 0 Å². The van der Waals surface area contributed by atoms with Gasteiger partial charge < -0.3 is 9.67 Å². The monoisotopic (exact) mass is 517 g/mol. The summed E-state index contributed by atoms with van der Waals surface area (Å²) in [4.78, 5) is 21.4. The molecule has 1 fully saturated rings. The molecule has 0 unspecified atom stereocenters. The lowest BCUT2D eigenvalue weighted by molar-refractivity contribution is 0.0697. The summed E-state index contributed by atoms with van der Waals surface area (Å²) in [6.07, 6.45) is 8.95. The van der Waals surface area contributed by atoms with Crippen molar-refractivity contribution in [3.05, 3.63) is 83.0 Å². The third kappa shape index (κ3) is 4.50. The highest BCUT2D eigenvalue weighted by molar-refractivity contribution is 6.00. The van der Waals surface area contributed by atoms with Gasteiger partial charge in [0.25, 0.3) is 0 Å². The molecule has 0 radical (unpaired) electrons. The maximum atomic E-state index is 11.9. The summed E-state index contributed by atoms with van der Waals surface area (Å²) < 4.78 is 2.39. The van der Waals surface area contributed by atoms with E-state index in [-0.39, 0.29) is 0 Å². The van der Waals surface area contributed by atoms with E-state index >= 15 is 0 Å². The lowest BCUT2D eigenvalue weighted by atomic mass is 9.81. The number of aromatic nitrogens is 3. The number of aryl methyl sites for hydroxylation is 3. The maximum absolute atomic E-state index is 11.9. The number of pyridine rings is 2. The van der Waals surface area contributed by atoms with E-state index in [1.807, 2.05) is 18.3 Å².